The van der Waals surface area contributed by atoms with Crippen molar-refractivity contribution in [2.45, 2.75) is 13.8 Å². The molecule has 0 fully saturated rings. The summed E-state index contributed by atoms with van der Waals surface area (Å²) in [6, 6.07) is 4.27. The van der Waals surface area contributed by atoms with Gasteiger partial charge in [0.05, 0.1) is 13.7 Å². The Morgan fingerprint density at radius 1 is 1.37 bits per heavy atom. The predicted octanol–water partition coefficient (Wildman–Crippen LogP) is 2.60. The molecule has 1 aromatic rings. The minimum atomic E-state index is -1.09. The average molecular weight is 267 g/mol. The fourth-order valence-corrected chi connectivity index (χ4v) is 1.34. The normalized spacial score (nSPS) is 10.1. The molecule has 0 unspecified atom stereocenters. The number of carbonyl (C=O) groups excluding carboxylic acids is 1. The van der Waals surface area contributed by atoms with Crippen molar-refractivity contribution >= 4 is 17.7 Å². The molecule has 0 spiro atoms. The van der Waals surface area contributed by atoms with Gasteiger partial charge in [-0.1, -0.05) is 13.8 Å². The molecule has 0 saturated carbocycles. The lowest BCUT2D eigenvalue weighted by Gasteiger charge is -2.10. The standard InChI is InChI=1S/C13H17NO5/c1-8(2)7-19-13(17)14-9-4-5-10(12(15)16)11(6-9)18-3/h4-6,8H,7H2,1-3H3,(H,14,17)(H,15,16). The van der Waals surface area contributed by atoms with Gasteiger partial charge in [0.25, 0.3) is 0 Å². The number of carboxylic acid groups (broad SMARTS) is 1. The highest BCUT2D eigenvalue weighted by atomic mass is 16.5. The van der Waals surface area contributed by atoms with Crippen molar-refractivity contribution in [1.82, 2.24) is 0 Å². The molecule has 2 N–H and O–H groups in total. The topological polar surface area (TPSA) is 84.9 Å². The fraction of sp³-hybridized carbons (Fsp3) is 0.385. The molecule has 0 heterocycles. The maximum atomic E-state index is 11.4. The van der Waals surface area contributed by atoms with Gasteiger partial charge in [0.1, 0.15) is 11.3 Å². The maximum Gasteiger partial charge on any atom is 0.411 e. The summed E-state index contributed by atoms with van der Waals surface area (Å²) in [6.45, 7) is 4.17. The molecule has 1 rings (SSSR count). The summed E-state index contributed by atoms with van der Waals surface area (Å²) < 4.78 is 9.91. The van der Waals surface area contributed by atoms with E-state index in [1.165, 1.54) is 25.3 Å². The van der Waals surface area contributed by atoms with Gasteiger partial charge in [0.2, 0.25) is 0 Å². The van der Waals surface area contributed by atoms with Crippen LogP contribution in [0.25, 0.3) is 0 Å². The summed E-state index contributed by atoms with van der Waals surface area (Å²) in [4.78, 5) is 22.3. The number of hydrogen-bond acceptors (Lipinski definition) is 4. The van der Waals surface area contributed by atoms with Crippen molar-refractivity contribution in [3.8, 4) is 5.75 Å². The molecule has 6 heteroatoms. The molecular formula is C13H17NO5. The third kappa shape index (κ3) is 4.50. The second-order valence-corrected chi connectivity index (χ2v) is 4.34. The molecule has 0 aliphatic heterocycles. The predicted molar refractivity (Wildman–Crippen MR) is 69.8 cm³/mol. The van der Waals surface area contributed by atoms with Gasteiger partial charge < -0.3 is 14.6 Å². The number of anilines is 1. The summed E-state index contributed by atoms with van der Waals surface area (Å²) in [7, 11) is 1.36. The second kappa shape index (κ2) is 6.63. The van der Waals surface area contributed by atoms with E-state index >= 15 is 0 Å². The van der Waals surface area contributed by atoms with Crippen molar-refractivity contribution in [2.75, 3.05) is 19.0 Å². The molecular weight excluding hydrogens is 250 g/mol. The zero-order valence-electron chi connectivity index (χ0n) is 11.1. The van der Waals surface area contributed by atoms with Crippen molar-refractivity contribution < 1.29 is 24.2 Å². The number of hydrogen-bond donors (Lipinski definition) is 2. The molecule has 0 saturated heterocycles. The van der Waals surface area contributed by atoms with Gasteiger partial charge in [-0.3, -0.25) is 5.32 Å². The number of ether oxygens (including phenoxy) is 2. The Labute approximate surface area is 111 Å². The minimum absolute atomic E-state index is 0.0311. The average Bonchev–Trinajstić information content (AvgIpc) is 2.35. The summed E-state index contributed by atoms with van der Waals surface area (Å²) in [6.07, 6.45) is -0.584. The Morgan fingerprint density at radius 2 is 2.05 bits per heavy atom. The number of carboxylic acids is 1. The lowest BCUT2D eigenvalue weighted by atomic mass is 10.2. The summed E-state index contributed by atoms with van der Waals surface area (Å²) in [5.74, 6) is -0.672. The monoisotopic (exact) mass is 267 g/mol. The Hall–Kier alpha value is -2.24. The van der Waals surface area contributed by atoms with Crippen molar-refractivity contribution in [3.05, 3.63) is 23.8 Å². The number of methoxy groups -OCH3 is 1. The van der Waals surface area contributed by atoms with Crippen LogP contribution in [0.2, 0.25) is 0 Å². The largest absolute Gasteiger partial charge is 0.496 e. The molecule has 1 amide bonds. The highest BCUT2D eigenvalue weighted by molar-refractivity contribution is 5.93. The molecule has 104 valence electrons. The van der Waals surface area contributed by atoms with Crippen LogP contribution in [0.5, 0.6) is 5.75 Å². The number of nitrogens with one attached hydrogen (secondary N) is 1. The summed E-state index contributed by atoms with van der Waals surface area (Å²) in [5, 5.41) is 11.4. The SMILES string of the molecule is COc1cc(NC(=O)OCC(C)C)ccc1C(=O)O. The molecule has 0 atom stereocenters. The van der Waals surface area contributed by atoms with E-state index in [0.29, 0.717) is 12.3 Å². The van der Waals surface area contributed by atoms with E-state index in [2.05, 4.69) is 5.32 Å². The number of amides is 1. The Bertz CT molecular complexity index is 470. The van der Waals surface area contributed by atoms with E-state index < -0.39 is 12.1 Å². The number of aromatic carboxylic acids is 1. The molecule has 6 nitrogen and oxygen atoms in total. The minimum Gasteiger partial charge on any atom is -0.496 e. The molecule has 0 aromatic heterocycles. The van der Waals surface area contributed by atoms with E-state index in [0.717, 1.165) is 0 Å². The Morgan fingerprint density at radius 3 is 2.58 bits per heavy atom. The van der Waals surface area contributed by atoms with Gasteiger partial charge in [0, 0.05) is 11.8 Å². The smallest absolute Gasteiger partial charge is 0.411 e. The van der Waals surface area contributed by atoms with Crippen LogP contribution in [0.3, 0.4) is 0 Å². The van der Waals surface area contributed by atoms with Crippen LogP contribution in [-0.2, 0) is 4.74 Å². The van der Waals surface area contributed by atoms with Gasteiger partial charge in [-0.15, -0.1) is 0 Å². The quantitative estimate of drug-likeness (QED) is 0.856. The first-order valence-electron chi connectivity index (χ1n) is 5.79. The fourth-order valence-electron chi connectivity index (χ4n) is 1.34. The first kappa shape index (κ1) is 14.8. The molecule has 0 bridgehead atoms. The van der Waals surface area contributed by atoms with Gasteiger partial charge >= 0.3 is 12.1 Å². The van der Waals surface area contributed by atoms with Crippen LogP contribution in [0.15, 0.2) is 18.2 Å². The van der Waals surface area contributed by atoms with E-state index in [9.17, 15) is 9.59 Å². The van der Waals surface area contributed by atoms with Gasteiger partial charge in [-0.2, -0.15) is 0 Å². The van der Waals surface area contributed by atoms with E-state index in [4.69, 9.17) is 14.6 Å². The van der Waals surface area contributed by atoms with Crippen LogP contribution in [0.4, 0.5) is 10.5 Å². The molecule has 1 aromatic carbocycles. The second-order valence-electron chi connectivity index (χ2n) is 4.34. The lowest BCUT2D eigenvalue weighted by Crippen LogP contribution is -2.16. The highest BCUT2D eigenvalue weighted by Gasteiger charge is 2.12. The van der Waals surface area contributed by atoms with Gasteiger partial charge in [-0.25, -0.2) is 9.59 Å². The Balaban J connectivity index is 2.74. The summed E-state index contributed by atoms with van der Waals surface area (Å²) >= 11 is 0. The van der Waals surface area contributed by atoms with Crippen LogP contribution in [-0.4, -0.2) is 30.9 Å². The van der Waals surface area contributed by atoms with Crippen molar-refractivity contribution in [1.29, 1.82) is 0 Å². The third-order valence-electron chi connectivity index (χ3n) is 2.23. The van der Waals surface area contributed by atoms with Crippen LogP contribution >= 0.6 is 0 Å². The van der Waals surface area contributed by atoms with Gasteiger partial charge in [-0.05, 0) is 18.1 Å². The van der Waals surface area contributed by atoms with Crippen molar-refractivity contribution in [2.24, 2.45) is 5.92 Å². The first-order chi connectivity index (χ1) is 8.93. The van der Waals surface area contributed by atoms with E-state index in [-0.39, 0.29) is 17.2 Å². The maximum absolute atomic E-state index is 11.4. The molecule has 19 heavy (non-hydrogen) atoms. The number of rotatable bonds is 5. The van der Waals surface area contributed by atoms with E-state index in [1.54, 1.807) is 0 Å². The van der Waals surface area contributed by atoms with Crippen LogP contribution in [0, 0.1) is 5.92 Å². The van der Waals surface area contributed by atoms with Crippen LogP contribution in [0.1, 0.15) is 24.2 Å². The molecule has 0 radical (unpaired) electrons. The highest BCUT2D eigenvalue weighted by Crippen LogP contribution is 2.23. The van der Waals surface area contributed by atoms with Crippen molar-refractivity contribution in [3.63, 3.8) is 0 Å². The zero-order valence-corrected chi connectivity index (χ0v) is 11.1. The summed E-state index contributed by atoms with van der Waals surface area (Å²) in [5.41, 5.74) is 0.444. The number of carbonyl (C=O) groups is 2. The number of benzene rings is 1. The third-order valence-corrected chi connectivity index (χ3v) is 2.23. The van der Waals surface area contributed by atoms with Gasteiger partial charge in [0.15, 0.2) is 0 Å². The van der Waals surface area contributed by atoms with E-state index in [1.807, 2.05) is 13.8 Å². The molecule has 0 aliphatic rings. The Kier molecular flexibility index (Phi) is 5.17. The molecule has 0 aliphatic carbocycles. The first-order valence-corrected chi connectivity index (χ1v) is 5.79. The lowest BCUT2D eigenvalue weighted by molar-refractivity contribution is 0.0693. The van der Waals surface area contributed by atoms with Crippen LogP contribution < -0.4 is 10.1 Å². The zero-order chi connectivity index (χ0) is 14.4.